The van der Waals surface area contributed by atoms with Gasteiger partial charge in [0.15, 0.2) is 0 Å². The van der Waals surface area contributed by atoms with E-state index in [-0.39, 0.29) is 11.3 Å². The first-order valence-electron chi connectivity index (χ1n) is 9.11. The van der Waals surface area contributed by atoms with Crippen molar-refractivity contribution in [1.29, 1.82) is 0 Å². The first-order valence-corrected chi connectivity index (χ1v) is 9.11. The number of nitrogens with one attached hydrogen (secondary N) is 1. The van der Waals surface area contributed by atoms with Crippen LogP contribution < -0.4 is 10.9 Å². The van der Waals surface area contributed by atoms with Crippen LogP contribution in [-0.4, -0.2) is 25.2 Å². The number of hydrogen-bond donors (Lipinski definition) is 1. The van der Waals surface area contributed by atoms with Gasteiger partial charge >= 0.3 is 0 Å². The third kappa shape index (κ3) is 4.33. The number of aryl methyl sites for hydroxylation is 2. The van der Waals surface area contributed by atoms with Crippen molar-refractivity contribution >= 4 is 5.91 Å². The molecule has 1 atom stereocenters. The molecule has 2 aromatic heterocycles. The Kier molecular flexibility index (Phi) is 5.98. The molecule has 8 heteroatoms. The van der Waals surface area contributed by atoms with Gasteiger partial charge in [-0.3, -0.25) is 9.59 Å². The van der Waals surface area contributed by atoms with Gasteiger partial charge in [0, 0.05) is 32.1 Å². The molecule has 146 valence electrons. The maximum absolute atomic E-state index is 13.8. The largest absolute Gasteiger partial charge is 0.337 e. The Morgan fingerprint density at radius 3 is 2.79 bits per heavy atom. The summed E-state index contributed by atoms with van der Waals surface area (Å²) in [6.45, 7) is 2.46. The lowest BCUT2D eigenvalue weighted by Crippen LogP contribution is -2.34. The van der Waals surface area contributed by atoms with Crippen molar-refractivity contribution in [2.45, 2.75) is 32.4 Å². The highest BCUT2D eigenvalue weighted by Gasteiger charge is 2.23. The normalized spacial score (nSPS) is 12.0. The zero-order valence-corrected chi connectivity index (χ0v) is 15.8. The lowest BCUT2D eigenvalue weighted by Gasteiger charge is -2.19. The van der Waals surface area contributed by atoms with Gasteiger partial charge in [0.05, 0.1) is 0 Å². The summed E-state index contributed by atoms with van der Waals surface area (Å²) in [4.78, 5) is 29.1. The zero-order valence-electron chi connectivity index (χ0n) is 15.8. The summed E-state index contributed by atoms with van der Waals surface area (Å²) < 4.78 is 16.8. The van der Waals surface area contributed by atoms with Crippen LogP contribution in [0.1, 0.15) is 47.7 Å². The van der Waals surface area contributed by atoms with Crippen LogP contribution in [0, 0.1) is 5.82 Å². The first-order chi connectivity index (χ1) is 13.5. The molecule has 28 heavy (non-hydrogen) atoms. The Morgan fingerprint density at radius 2 is 2.11 bits per heavy atom. The molecular weight excluding hydrogens is 361 g/mol. The first kappa shape index (κ1) is 19.5. The fourth-order valence-electron chi connectivity index (χ4n) is 2.88. The van der Waals surface area contributed by atoms with Crippen molar-refractivity contribution in [3.05, 3.63) is 82.0 Å². The SMILES string of the molecule is CCCCn1nc(C(=O)N[C@@H](c2cccc(F)c2)c2nccn2C)ccc1=O. The summed E-state index contributed by atoms with van der Waals surface area (Å²) in [5.41, 5.74) is 0.420. The van der Waals surface area contributed by atoms with Crippen LogP contribution in [0.5, 0.6) is 0 Å². The van der Waals surface area contributed by atoms with Crippen LogP contribution in [0.25, 0.3) is 0 Å². The zero-order chi connectivity index (χ0) is 20.1. The monoisotopic (exact) mass is 383 g/mol. The van der Waals surface area contributed by atoms with Crippen LogP contribution in [-0.2, 0) is 13.6 Å². The molecule has 1 amide bonds. The van der Waals surface area contributed by atoms with Gasteiger partial charge in [-0.05, 0) is 30.2 Å². The highest BCUT2D eigenvalue weighted by Crippen LogP contribution is 2.21. The van der Waals surface area contributed by atoms with Crippen molar-refractivity contribution in [3.8, 4) is 0 Å². The van der Waals surface area contributed by atoms with E-state index in [9.17, 15) is 14.0 Å². The predicted octanol–water partition coefficient (Wildman–Crippen LogP) is 2.44. The number of imidazole rings is 1. The van der Waals surface area contributed by atoms with Gasteiger partial charge in [-0.25, -0.2) is 14.1 Å². The summed E-state index contributed by atoms with van der Waals surface area (Å²) in [5, 5.41) is 7.02. The van der Waals surface area contributed by atoms with Crippen molar-refractivity contribution in [2.75, 3.05) is 0 Å². The second kappa shape index (κ2) is 8.60. The number of carbonyl (C=O) groups is 1. The maximum atomic E-state index is 13.8. The lowest BCUT2D eigenvalue weighted by molar-refractivity contribution is 0.0933. The molecule has 7 nitrogen and oxygen atoms in total. The topological polar surface area (TPSA) is 81.8 Å². The minimum absolute atomic E-state index is 0.117. The van der Waals surface area contributed by atoms with Crippen molar-refractivity contribution < 1.29 is 9.18 Å². The van der Waals surface area contributed by atoms with Crippen molar-refractivity contribution in [3.63, 3.8) is 0 Å². The molecule has 0 radical (unpaired) electrons. The number of aromatic nitrogens is 4. The molecule has 0 saturated carbocycles. The molecule has 0 unspecified atom stereocenters. The summed E-state index contributed by atoms with van der Waals surface area (Å²) in [6.07, 6.45) is 5.05. The highest BCUT2D eigenvalue weighted by molar-refractivity contribution is 5.92. The van der Waals surface area contributed by atoms with E-state index in [0.29, 0.717) is 17.9 Å². The number of unbranched alkanes of at least 4 members (excludes halogenated alkanes) is 1. The van der Waals surface area contributed by atoms with E-state index in [1.807, 2.05) is 6.92 Å². The number of carbonyl (C=O) groups excluding carboxylic acids is 1. The second-order valence-electron chi connectivity index (χ2n) is 6.49. The van der Waals surface area contributed by atoms with Crippen LogP contribution in [0.15, 0.2) is 53.6 Å². The third-order valence-electron chi connectivity index (χ3n) is 4.40. The molecule has 0 spiro atoms. The Morgan fingerprint density at radius 1 is 1.29 bits per heavy atom. The molecule has 0 fully saturated rings. The molecule has 3 rings (SSSR count). The van der Waals surface area contributed by atoms with Gasteiger partial charge < -0.3 is 9.88 Å². The van der Waals surface area contributed by atoms with Crippen LogP contribution >= 0.6 is 0 Å². The number of nitrogens with zero attached hydrogens (tertiary/aromatic N) is 4. The molecule has 3 aromatic rings. The summed E-state index contributed by atoms with van der Waals surface area (Å²) in [5.74, 6) is -0.321. The molecule has 2 heterocycles. The fourth-order valence-corrected chi connectivity index (χ4v) is 2.88. The second-order valence-corrected chi connectivity index (χ2v) is 6.49. The number of benzene rings is 1. The number of amides is 1. The van der Waals surface area contributed by atoms with E-state index < -0.39 is 17.8 Å². The van der Waals surface area contributed by atoms with Crippen LogP contribution in [0.4, 0.5) is 4.39 Å². The lowest BCUT2D eigenvalue weighted by atomic mass is 10.1. The van der Waals surface area contributed by atoms with Gasteiger partial charge in [0.25, 0.3) is 11.5 Å². The van der Waals surface area contributed by atoms with Crippen LogP contribution in [0.3, 0.4) is 0 Å². The molecule has 0 bridgehead atoms. The molecule has 1 aromatic carbocycles. The van der Waals surface area contributed by atoms with E-state index >= 15 is 0 Å². The summed E-state index contributed by atoms with van der Waals surface area (Å²) in [7, 11) is 1.80. The Bertz CT molecular complexity index is 1030. The smallest absolute Gasteiger partial charge is 0.272 e. The van der Waals surface area contributed by atoms with E-state index in [4.69, 9.17) is 0 Å². The third-order valence-corrected chi connectivity index (χ3v) is 4.40. The van der Waals surface area contributed by atoms with Crippen LogP contribution in [0.2, 0.25) is 0 Å². The highest BCUT2D eigenvalue weighted by atomic mass is 19.1. The standard InChI is InChI=1S/C20H22FN5O2/c1-3-4-11-26-17(27)9-8-16(24-26)20(28)23-18(19-22-10-12-25(19)2)14-6-5-7-15(21)13-14/h5-10,12-13,18H,3-4,11H2,1-2H3,(H,23,28)/t18-/m0/s1. The quantitative estimate of drug-likeness (QED) is 0.679. The van der Waals surface area contributed by atoms with Crippen molar-refractivity contribution in [1.82, 2.24) is 24.6 Å². The summed E-state index contributed by atoms with van der Waals surface area (Å²) >= 11 is 0. The number of hydrogen-bond acceptors (Lipinski definition) is 4. The van der Waals surface area contributed by atoms with E-state index in [2.05, 4.69) is 15.4 Å². The molecule has 0 saturated heterocycles. The average molecular weight is 383 g/mol. The van der Waals surface area contributed by atoms with Gasteiger partial charge in [0.2, 0.25) is 0 Å². The van der Waals surface area contributed by atoms with E-state index in [1.165, 1.54) is 28.9 Å². The minimum Gasteiger partial charge on any atom is -0.337 e. The minimum atomic E-state index is -0.666. The van der Waals surface area contributed by atoms with Gasteiger partial charge in [-0.15, -0.1) is 0 Å². The molecule has 0 aliphatic carbocycles. The Balaban J connectivity index is 1.92. The van der Waals surface area contributed by atoms with Crippen molar-refractivity contribution in [2.24, 2.45) is 7.05 Å². The Labute approximate surface area is 161 Å². The number of rotatable bonds is 7. The Hall–Kier alpha value is -3.29. The summed E-state index contributed by atoms with van der Waals surface area (Å²) in [6, 6.07) is 8.05. The van der Waals surface area contributed by atoms with E-state index in [1.54, 1.807) is 36.1 Å². The number of halogens is 1. The van der Waals surface area contributed by atoms with Gasteiger partial charge in [-0.1, -0.05) is 25.5 Å². The van der Waals surface area contributed by atoms with E-state index in [0.717, 1.165) is 12.8 Å². The maximum Gasteiger partial charge on any atom is 0.272 e. The van der Waals surface area contributed by atoms with Gasteiger partial charge in [0.1, 0.15) is 23.4 Å². The fraction of sp³-hybridized carbons (Fsp3) is 0.300. The molecule has 0 aliphatic heterocycles. The molecular formula is C20H22FN5O2. The molecule has 1 N–H and O–H groups in total. The van der Waals surface area contributed by atoms with Gasteiger partial charge in [-0.2, -0.15) is 5.10 Å². The predicted molar refractivity (Wildman–Crippen MR) is 102 cm³/mol. The molecule has 0 aliphatic rings. The average Bonchev–Trinajstić information content (AvgIpc) is 3.11.